The number of aromatic nitrogens is 1. The van der Waals surface area contributed by atoms with Crippen LogP contribution in [0.25, 0.3) is 0 Å². The van der Waals surface area contributed by atoms with Crippen molar-refractivity contribution >= 4 is 22.4 Å². The maximum Gasteiger partial charge on any atom is 0.257 e. The zero-order valence-corrected chi connectivity index (χ0v) is 12.9. The van der Waals surface area contributed by atoms with Gasteiger partial charge in [0, 0.05) is 16.5 Å². The van der Waals surface area contributed by atoms with Crippen LogP contribution in [0.15, 0.2) is 18.2 Å². The van der Waals surface area contributed by atoms with Crippen LogP contribution in [0.4, 0.5) is 9.52 Å². The van der Waals surface area contributed by atoms with E-state index in [0.29, 0.717) is 5.13 Å². The molecule has 0 saturated carbocycles. The van der Waals surface area contributed by atoms with Crippen molar-refractivity contribution in [3.05, 3.63) is 40.2 Å². The van der Waals surface area contributed by atoms with Gasteiger partial charge in [-0.1, -0.05) is 0 Å². The van der Waals surface area contributed by atoms with Gasteiger partial charge in [-0.3, -0.25) is 10.1 Å². The summed E-state index contributed by atoms with van der Waals surface area (Å²) in [6, 6.07) is 4.25. The lowest BCUT2D eigenvalue weighted by atomic mass is 9.99. The number of fused-ring (bicyclic) bond motifs is 1. The number of nitrogens with two attached hydrogens (primary N) is 1. The van der Waals surface area contributed by atoms with E-state index in [9.17, 15) is 9.18 Å². The molecule has 0 fully saturated rings. The van der Waals surface area contributed by atoms with Gasteiger partial charge < -0.3 is 10.5 Å². The fourth-order valence-electron chi connectivity index (χ4n) is 2.43. The average molecular weight is 321 g/mol. The molecule has 22 heavy (non-hydrogen) atoms. The molecule has 1 heterocycles. The second kappa shape index (κ2) is 6.02. The minimum Gasteiger partial charge on any atom is -0.494 e. The Hall–Kier alpha value is -1.99. The van der Waals surface area contributed by atoms with E-state index in [1.165, 1.54) is 30.6 Å². The number of aryl methyl sites for hydroxylation is 1. The summed E-state index contributed by atoms with van der Waals surface area (Å²) in [4.78, 5) is 17.7. The Kier molecular flexibility index (Phi) is 4.08. The first kappa shape index (κ1) is 14.9. The highest BCUT2D eigenvalue weighted by molar-refractivity contribution is 7.15. The van der Waals surface area contributed by atoms with Crippen LogP contribution in [0, 0.1) is 5.82 Å². The molecule has 1 amide bonds. The number of hydrogen-bond donors (Lipinski definition) is 2. The normalized spacial score (nSPS) is 17.0. The van der Waals surface area contributed by atoms with E-state index in [-0.39, 0.29) is 17.4 Å². The topological polar surface area (TPSA) is 77.2 Å². The van der Waals surface area contributed by atoms with Gasteiger partial charge in [-0.15, -0.1) is 11.3 Å². The molecule has 1 aromatic heterocycles. The number of benzene rings is 1. The molecule has 1 atom stereocenters. The van der Waals surface area contributed by atoms with E-state index in [4.69, 9.17) is 10.5 Å². The quantitative estimate of drug-likeness (QED) is 0.910. The highest BCUT2D eigenvalue weighted by atomic mass is 32.1. The molecule has 3 rings (SSSR count). The maximum absolute atomic E-state index is 13.6. The van der Waals surface area contributed by atoms with Gasteiger partial charge in [0.15, 0.2) is 16.7 Å². The van der Waals surface area contributed by atoms with Crippen molar-refractivity contribution < 1.29 is 13.9 Å². The molecule has 0 bridgehead atoms. The minimum absolute atomic E-state index is 0.107. The molecular weight excluding hydrogens is 305 g/mol. The van der Waals surface area contributed by atoms with Gasteiger partial charge in [-0.05, 0) is 37.5 Å². The third-order valence-corrected chi connectivity index (χ3v) is 4.65. The summed E-state index contributed by atoms with van der Waals surface area (Å²) in [5.41, 5.74) is 7.16. The smallest absolute Gasteiger partial charge is 0.257 e. The Morgan fingerprint density at radius 3 is 3.09 bits per heavy atom. The minimum atomic E-state index is -0.570. The summed E-state index contributed by atoms with van der Waals surface area (Å²) in [5, 5.41) is 3.24. The largest absolute Gasteiger partial charge is 0.494 e. The molecule has 7 heteroatoms. The van der Waals surface area contributed by atoms with E-state index < -0.39 is 11.7 Å². The van der Waals surface area contributed by atoms with Crippen molar-refractivity contribution in [1.29, 1.82) is 0 Å². The Labute approximate surface area is 131 Å². The predicted molar refractivity (Wildman–Crippen MR) is 83.0 cm³/mol. The molecule has 3 N–H and O–H groups in total. The molecular formula is C15H16FN3O2S. The van der Waals surface area contributed by atoms with Gasteiger partial charge >= 0.3 is 0 Å². The number of hydrogen-bond acceptors (Lipinski definition) is 5. The molecule has 0 radical (unpaired) electrons. The highest BCUT2D eigenvalue weighted by Crippen LogP contribution is 2.29. The Morgan fingerprint density at radius 2 is 2.36 bits per heavy atom. The molecule has 0 spiro atoms. The first-order valence-corrected chi connectivity index (χ1v) is 7.77. The standard InChI is InChI=1S/C15H16FN3O2S/c1-21-12-5-2-8(6-10(12)16)14(20)19-15-18-11-4-3-9(17)7-13(11)22-15/h2,5-6,9H,3-4,7,17H2,1H3,(H,18,19,20)/t9-/m0/s1. The van der Waals surface area contributed by atoms with E-state index in [0.717, 1.165) is 35.9 Å². The fourth-order valence-corrected chi connectivity index (χ4v) is 3.53. The molecule has 0 unspecified atom stereocenters. The van der Waals surface area contributed by atoms with E-state index in [1.54, 1.807) is 0 Å². The monoisotopic (exact) mass is 321 g/mol. The number of nitrogens with zero attached hydrogens (tertiary/aromatic N) is 1. The zero-order chi connectivity index (χ0) is 15.7. The third kappa shape index (κ3) is 2.95. The lowest BCUT2D eigenvalue weighted by Gasteiger charge is -2.15. The van der Waals surface area contributed by atoms with Crippen molar-refractivity contribution in [2.75, 3.05) is 12.4 Å². The molecule has 0 aliphatic heterocycles. The molecule has 1 aliphatic rings. The number of carbonyl (C=O) groups is 1. The number of rotatable bonds is 3. The molecule has 2 aromatic rings. The third-order valence-electron chi connectivity index (χ3n) is 3.61. The summed E-state index contributed by atoms with van der Waals surface area (Å²) < 4.78 is 18.5. The van der Waals surface area contributed by atoms with Crippen molar-refractivity contribution in [2.24, 2.45) is 5.73 Å². The fraction of sp³-hybridized carbons (Fsp3) is 0.333. The van der Waals surface area contributed by atoms with Crippen LogP contribution >= 0.6 is 11.3 Å². The van der Waals surface area contributed by atoms with Gasteiger partial charge in [0.1, 0.15) is 0 Å². The highest BCUT2D eigenvalue weighted by Gasteiger charge is 2.21. The van der Waals surface area contributed by atoms with E-state index in [2.05, 4.69) is 10.3 Å². The predicted octanol–water partition coefficient (Wildman–Crippen LogP) is 2.36. The molecule has 0 saturated heterocycles. The summed E-state index contributed by atoms with van der Waals surface area (Å²) in [5.74, 6) is -0.855. The van der Waals surface area contributed by atoms with Crippen LogP contribution in [0.2, 0.25) is 0 Å². The number of halogens is 1. The van der Waals surface area contributed by atoms with Crippen LogP contribution < -0.4 is 15.8 Å². The van der Waals surface area contributed by atoms with E-state index in [1.807, 2.05) is 0 Å². The number of methoxy groups -OCH3 is 1. The summed E-state index contributed by atoms with van der Waals surface area (Å²) in [6.45, 7) is 0. The van der Waals surface area contributed by atoms with Crippen molar-refractivity contribution in [3.8, 4) is 5.75 Å². The van der Waals surface area contributed by atoms with Crippen LogP contribution in [0.1, 0.15) is 27.3 Å². The number of thiazole rings is 1. The SMILES string of the molecule is COc1ccc(C(=O)Nc2nc3c(s2)C[C@@H](N)CC3)cc1F. The van der Waals surface area contributed by atoms with Crippen LogP contribution in [-0.2, 0) is 12.8 Å². The summed E-state index contributed by atoms with van der Waals surface area (Å²) >= 11 is 1.43. The Balaban J connectivity index is 1.76. The second-order valence-electron chi connectivity index (χ2n) is 5.20. The van der Waals surface area contributed by atoms with Gasteiger partial charge in [0.2, 0.25) is 0 Å². The molecule has 1 aliphatic carbocycles. The molecule has 116 valence electrons. The maximum atomic E-state index is 13.6. The number of anilines is 1. The molecule has 1 aromatic carbocycles. The van der Waals surface area contributed by atoms with Crippen LogP contribution in [0.3, 0.4) is 0 Å². The zero-order valence-electron chi connectivity index (χ0n) is 12.1. The van der Waals surface area contributed by atoms with Gasteiger partial charge in [0.05, 0.1) is 12.8 Å². The van der Waals surface area contributed by atoms with Gasteiger partial charge in [0.25, 0.3) is 5.91 Å². The van der Waals surface area contributed by atoms with Crippen molar-refractivity contribution in [1.82, 2.24) is 4.98 Å². The summed E-state index contributed by atoms with van der Waals surface area (Å²) in [7, 11) is 1.38. The lowest BCUT2D eigenvalue weighted by molar-refractivity contribution is 0.102. The van der Waals surface area contributed by atoms with Gasteiger partial charge in [-0.25, -0.2) is 9.37 Å². The number of amides is 1. The van der Waals surface area contributed by atoms with E-state index >= 15 is 0 Å². The lowest BCUT2D eigenvalue weighted by Crippen LogP contribution is -2.27. The first-order valence-electron chi connectivity index (χ1n) is 6.96. The van der Waals surface area contributed by atoms with Crippen LogP contribution in [-0.4, -0.2) is 24.0 Å². The molecule has 5 nitrogen and oxygen atoms in total. The number of carbonyl (C=O) groups excluding carboxylic acids is 1. The number of ether oxygens (including phenoxy) is 1. The second-order valence-corrected chi connectivity index (χ2v) is 6.28. The first-order chi connectivity index (χ1) is 10.6. The Bertz CT molecular complexity index is 717. The Morgan fingerprint density at radius 1 is 1.55 bits per heavy atom. The van der Waals surface area contributed by atoms with Crippen molar-refractivity contribution in [3.63, 3.8) is 0 Å². The number of nitrogens with one attached hydrogen (secondary N) is 1. The van der Waals surface area contributed by atoms with Crippen LogP contribution in [0.5, 0.6) is 5.75 Å². The summed E-state index contributed by atoms with van der Waals surface area (Å²) in [6.07, 6.45) is 2.54. The van der Waals surface area contributed by atoms with Crippen molar-refractivity contribution in [2.45, 2.75) is 25.3 Å². The van der Waals surface area contributed by atoms with Gasteiger partial charge in [-0.2, -0.15) is 0 Å². The average Bonchev–Trinajstić information content (AvgIpc) is 2.88.